The number of carbonyl (C=O) groups excluding carboxylic acids is 1. The zero-order valence-corrected chi connectivity index (χ0v) is 16.5. The van der Waals surface area contributed by atoms with Gasteiger partial charge in [0.05, 0.1) is 31.4 Å². The van der Waals surface area contributed by atoms with Crippen molar-refractivity contribution >= 4 is 21.9 Å². The minimum Gasteiger partial charge on any atom is -0.493 e. The average molecular weight is 427 g/mol. The molecule has 0 bridgehead atoms. The largest absolute Gasteiger partial charge is 0.493 e. The molecule has 2 aliphatic rings. The van der Waals surface area contributed by atoms with Crippen LogP contribution in [0.25, 0.3) is 0 Å². The number of halogens is 1. The third-order valence-corrected chi connectivity index (χ3v) is 5.13. The van der Waals surface area contributed by atoms with Crippen molar-refractivity contribution < 1.29 is 28.5 Å². The van der Waals surface area contributed by atoms with E-state index in [-0.39, 0.29) is 6.61 Å². The lowest BCUT2D eigenvalue weighted by Gasteiger charge is -2.32. The Labute approximate surface area is 161 Å². The molecule has 26 heavy (non-hydrogen) atoms. The van der Waals surface area contributed by atoms with Crippen LogP contribution >= 0.6 is 15.9 Å². The fraction of sp³-hybridized carbons (Fsp3) is 0.526. The standard InChI is InChI=1S/C19H23BrO6/c1-3-23-18(21)16(26-17-14(20)5-4-6-15(17)22-2)13-7-9-19(10-8-13)24-11-12-25-19/h4-7,16H,3,8-12H2,1-2H3. The van der Waals surface area contributed by atoms with Gasteiger partial charge in [-0.1, -0.05) is 12.1 Å². The summed E-state index contributed by atoms with van der Waals surface area (Å²) in [6, 6.07) is 5.46. The minimum absolute atomic E-state index is 0.287. The Bertz CT molecular complexity index is 681. The maximum Gasteiger partial charge on any atom is 0.351 e. The maximum absolute atomic E-state index is 12.6. The monoisotopic (exact) mass is 426 g/mol. The third-order valence-electron chi connectivity index (χ3n) is 4.51. The van der Waals surface area contributed by atoms with Crippen molar-refractivity contribution in [1.82, 2.24) is 0 Å². The van der Waals surface area contributed by atoms with Crippen LogP contribution in [-0.2, 0) is 19.0 Å². The smallest absolute Gasteiger partial charge is 0.351 e. The Morgan fingerprint density at radius 3 is 2.73 bits per heavy atom. The van der Waals surface area contributed by atoms with Gasteiger partial charge in [0.1, 0.15) is 0 Å². The van der Waals surface area contributed by atoms with Crippen molar-refractivity contribution in [2.45, 2.75) is 38.1 Å². The molecule has 1 spiro atoms. The van der Waals surface area contributed by atoms with Gasteiger partial charge in [-0.25, -0.2) is 4.79 Å². The van der Waals surface area contributed by atoms with E-state index in [1.165, 1.54) is 0 Å². The third kappa shape index (κ3) is 4.05. The minimum atomic E-state index is -0.832. The Hall–Kier alpha value is -1.57. The summed E-state index contributed by atoms with van der Waals surface area (Å²) < 4.78 is 28.9. The molecule has 1 heterocycles. The SMILES string of the molecule is CCOC(=O)C(Oc1c(Br)cccc1OC)C1=CCC2(CC1)OCCO2. The molecule has 0 amide bonds. The molecule has 6 nitrogen and oxygen atoms in total. The first-order valence-corrected chi connectivity index (χ1v) is 9.50. The molecule has 0 aromatic heterocycles. The van der Waals surface area contributed by atoms with Crippen LogP contribution in [0.3, 0.4) is 0 Å². The second-order valence-electron chi connectivity index (χ2n) is 6.11. The van der Waals surface area contributed by atoms with Crippen LogP contribution in [0, 0.1) is 0 Å². The highest BCUT2D eigenvalue weighted by Gasteiger charge is 2.40. The molecule has 7 heteroatoms. The molecule has 0 saturated carbocycles. The molecule has 1 atom stereocenters. The number of rotatable bonds is 6. The van der Waals surface area contributed by atoms with Crippen LogP contribution in [0.5, 0.6) is 11.5 Å². The molecule has 1 aromatic rings. The highest BCUT2D eigenvalue weighted by Crippen LogP contribution is 2.40. The van der Waals surface area contributed by atoms with E-state index >= 15 is 0 Å². The average Bonchev–Trinajstić information content (AvgIpc) is 3.10. The number of para-hydroxylation sites is 1. The van der Waals surface area contributed by atoms with Gasteiger partial charge >= 0.3 is 5.97 Å². The van der Waals surface area contributed by atoms with Crippen LogP contribution in [0.1, 0.15) is 26.2 Å². The van der Waals surface area contributed by atoms with Crippen molar-refractivity contribution in [2.24, 2.45) is 0 Å². The van der Waals surface area contributed by atoms with Gasteiger partial charge in [0.2, 0.25) is 6.10 Å². The summed E-state index contributed by atoms with van der Waals surface area (Å²) in [6.45, 7) is 3.28. The van der Waals surface area contributed by atoms with Crippen LogP contribution in [0.15, 0.2) is 34.3 Å². The molecule has 3 rings (SSSR count). The molecular formula is C19H23BrO6. The summed E-state index contributed by atoms with van der Waals surface area (Å²) in [6.07, 6.45) is 3.05. The highest BCUT2D eigenvalue weighted by molar-refractivity contribution is 9.10. The summed E-state index contributed by atoms with van der Waals surface area (Å²) in [5.41, 5.74) is 0.867. The quantitative estimate of drug-likeness (QED) is 0.511. The lowest BCUT2D eigenvalue weighted by molar-refractivity contribution is -0.163. The Balaban J connectivity index is 1.85. The normalized spacial score (nSPS) is 19.7. The molecule has 1 unspecified atom stereocenters. The Morgan fingerprint density at radius 1 is 1.35 bits per heavy atom. The van der Waals surface area contributed by atoms with Gasteiger partial charge in [-0.15, -0.1) is 0 Å². The predicted molar refractivity (Wildman–Crippen MR) is 98.3 cm³/mol. The molecule has 1 saturated heterocycles. The fourth-order valence-electron chi connectivity index (χ4n) is 3.20. The molecule has 1 fully saturated rings. The number of esters is 1. The van der Waals surface area contributed by atoms with Crippen molar-refractivity contribution in [3.05, 3.63) is 34.3 Å². The van der Waals surface area contributed by atoms with E-state index in [1.807, 2.05) is 18.2 Å². The fourth-order valence-corrected chi connectivity index (χ4v) is 3.64. The topological polar surface area (TPSA) is 63.2 Å². The van der Waals surface area contributed by atoms with Crippen molar-refractivity contribution in [1.29, 1.82) is 0 Å². The molecule has 1 aliphatic heterocycles. The van der Waals surface area contributed by atoms with Crippen molar-refractivity contribution in [3.8, 4) is 11.5 Å². The molecule has 1 aliphatic carbocycles. The summed E-state index contributed by atoms with van der Waals surface area (Å²) >= 11 is 3.46. The van der Waals surface area contributed by atoms with Gasteiger partial charge < -0.3 is 23.7 Å². The van der Waals surface area contributed by atoms with Crippen molar-refractivity contribution in [3.63, 3.8) is 0 Å². The number of carbonyl (C=O) groups is 1. The summed E-state index contributed by atoms with van der Waals surface area (Å²) in [5.74, 6) is 0.0562. The van der Waals surface area contributed by atoms with Crippen LogP contribution in [0.4, 0.5) is 0 Å². The van der Waals surface area contributed by atoms with Gasteiger partial charge in [-0.2, -0.15) is 0 Å². The van der Waals surface area contributed by atoms with E-state index < -0.39 is 17.9 Å². The second kappa shape index (κ2) is 8.41. The van der Waals surface area contributed by atoms with Crippen LogP contribution in [-0.4, -0.2) is 44.8 Å². The van der Waals surface area contributed by atoms with Gasteiger partial charge in [0.15, 0.2) is 17.3 Å². The zero-order chi connectivity index (χ0) is 18.6. The molecular weight excluding hydrogens is 404 g/mol. The number of hydrogen-bond acceptors (Lipinski definition) is 6. The summed E-state index contributed by atoms with van der Waals surface area (Å²) in [5, 5.41) is 0. The first-order valence-electron chi connectivity index (χ1n) is 8.71. The molecule has 0 radical (unpaired) electrons. The van der Waals surface area contributed by atoms with Gasteiger partial charge in [0, 0.05) is 12.8 Å². The molecule has 0 N–H and O–H groups in total. The Kier molecular flexibility index (Phi) is 6.21. The van der Waals surface area contributed by atoms with Crippen LogP contribution in [0.2, 0.25) is 0 Å². The first kappa shape index (κ1) is 19.2. The van der Waals surface area contributed by atoms with Crippen LogP contribution < -0.4 is 9.47 Å². The van der Waals surface area contributed by atoms with Gasteiger partial charge in [-0.05, 0) is 47.0 Å². The van der Waals surface area contributed by atoms with E-state index in [4.69, 9.17) is 23.7 Å². The number of methoxy groups -OCH3 is 1. The molecule has 1 aromatic carbocycles. The number of benzene rings is 1. The zero-order valence-electron chi connectivity index (χ0n) is 15.0. The van der Waals surface area contributed by atoms with E-state index in [0.717, 1.165) is 5.57 Å². The number of ether oxygens (including phenoxy) is 5. The van der Waals surface area contributed by atoms with Gasteiger partial charge in [-0.3, -0.25) is 0 Å². The first-order chi connectivity index (χ1) is 12.6. The van der Waals surface area contributed by atoms with Crippen molar-refractivity contribution in [2.75, 3.05) is 26.9 Å². The lowest BCUT2D eigenvalue weighted by Crippen LogP contribution is -2.37. The lowest BCUT2D eigenvalue weighted by atomic mass is 9.91. The number of hydrogen-bond donors (Lipinski definition) is 0. The molecule has 142 valence electrons. The second-order valence-corrected chi connectivity index (χ2v) is 6.97. The van der Waals surface area contributed by atoms with E-state index in [9.17, 15) is 4.79 Å². The summed E-state index contributed by atoms with van der Waals surface area (Å²) in [7, 11) is 1.56. The summed E-state index contributed by atoms with van der Waals surface area (Å²) in [4.78, 5) is 12.6. The van der Waals surface area contributed by atoms with E-state index in [1.54, 1.807) is 20.1 Å². The van der Waals surface area contributed by atoms with Gasteiger partial charge in [0.25, 0.3) is 0 Å². The predicted octanol–water partition coefficient (Wildman–Crippen LogP) is 3.62. The highest BCUT2D eigenvalue weighted by atomic mass is 79.9. The Morgan fingerprint density at radius 2 is 2.12 bits per heavy atom. The van der Waals surface area contributed by atoms with E-state index in [0.29, 0.717) is 48.4 Å². The van der Waals surface area contributed by atoms with E-state index in [2.05, 4.69) is 15.9 Å². The maximum atomic E-state index is 12.6.